The lowest BCUT2D eigenvalue weighted by atomic mass is 9.95. The number of rotatable bonds is 9. The van der Waals surface area contributed by atoms with E-state index in [1.165, 1.54) is 4.31 Å². The molecule has 2 rings (SSSR count). The fraction of sp³-hybridized carbons (Fsp3) is 0.941. The number of sulfonamides is 1. The summed E-state index contributed by atoms with van der Waals surface area (Å²) in [6.45, 7) is 1.40. The van der Waals surface area contributed by atoms with Gasteiger partial charge in [0, 0.05) is 58.8 Å². The summed E-state index contributed by atoms with van der Waals surface area (Å²) in [4.78, 5) is 12.0. The topological polar surface area (TPSA) is 98.9 Å². The minimum absolute atomic E-state index is 0.0564. The van der Waals surface area contributed by atoms with E-state index in [2.05, 4.69) is 0 Å². The predicted molar refractivity (Wildman–Crippen MR) is 95.9 cm³/mol. The van der Waals surface area contributed by atoms with Crippen LogP contribution in [0.5, 0.6) is 0 Å². The Bertz CT molecular complexity index is 613. The maximum Gasteiger partial charge on any atom is 0.389 e. The summed E-state index contributed by atoms with van der Waals surface area (Å²) in [5.41, 5.74) is 5.47. The van der Waals surface area contributed by atoms with Crippen molar-refractivity contribution in [1.82, 2.24) is 4.31 Å². The summed E-state index contributed by atoms with van der Waals surface area (Å²) in [6, 6.07) is 0. The van der Waals surface area contributed by atoms with Crippen LogP contribution >= 0.6 is 0 Å². The van der Waals surface area contributed by atoms with Crippen LogP contribution < -0.4 is 5.73 Å². The normalized spacial score (nSPS) is 22.2. The Kier molecular flexibility index (Phi) is 8.12. The summed E-state index contributed by atoms with van der Waals surface area (Å²) in [6.07, 6.45) is -3.02. The van der Waals surface area contributed by atoms with Gasteiger partial charge in [-0.3, -0.25) is 4.79 Å². The Hall–Kier alpha value is -0.910. The van der Waals surface area contributed by atoms with Gasteiger partial charge in [0.2, 0.25) is 15.9 Å². The largest absolute Gasteiger partial charge is 0.389 e. The minimum Gasteiger partial charge on any atom is -0.381 e. The highest BCUT2D eigenvalue weighted by Gasteiger charge is 2.53. The van der Waals surface area contributed by atoms with Gasteiger partial charge in [-0.1, -0.05) is 0 Å². The first kappa shape index (κ1) is 23.4. The lowest BCUT2D eigenvalue weighted by Gasteiger charge is -2.40. The van der Waals surface area contributed by atoms with Crippen LogP contribution in [0.1, 0.15) is 44.9 Å². The van der Waals surface area contributed by atoms with E-state index in [9.17, 15) is 26.4 Å². The molecule has 28 heavy (non-hydrogen) atoms. The number of piperidine rings is 1. The van der Waals surface area contributed by atoms with Crippen molar-refractivity contribution in [2.75, 3.05) is 39.5 Å². The first-order valence-electron chi connectivity index (χ1n) is 9.60. The lowest BCUT2D eigenvalue weighted by Crippen LogP contribution is -2.59. The van der Waals surface area contributed by atoms with E-state index in [0.717, 1.165) is 0 Å². The minimum atomic E-state index is -4.16. The van der Waals surface area contributed by atoms with E-state index in [4.69, 9.17) is 15.2 Å². The molecule has 0 spiro atoms. The van der Waals surface area contributed by atoms with Crippen LogP contribution in [-0.2, 0) is 24.3 Å². The van der Waals surface area contributed by atoms with Gasteiger partial charge in [0.25, 0.3) is 0 Å². The number of primary amides is 1. The van der Waals surface area contributed by atoms with Crippen LogP contribution in [0.4, 0.5) is 13.2 Å². The van der Waals surface area contributed by atoms with Crippen LogP contribution in [-0.4, -0.2) is 69.1 Å². The Morgan fingerprint density at radius 1 is 1.18 bits per heavy atom. The maximum atomic E-state index is 13.1. The maximum absolute atomic E-state index is 13.1. The molecule has 2 N–H and O–H groups in total. The molecule has 2 saturated heterocycles. The molecule has 0 aromatic rings. The molecular weight excluding hydrogens is 401 g/mol. The third kappa shape index (κ3) is 5.80. The smallest absolute Gasteiger partial charge is 0.381 e. The third-order valence-electron chi connectivity index (χ3n) is 5.58. The molecule has 0 aliphatic carbocycles. The van der Waals surface area contributed by atoms with Crippen molar-refractivity contribution in [2.24, 2.45) is 11.7 Å². The molecule has 0 aromatic carbocycles. The van der Waals surface area contributed by atoms with Crippen LogP contribution in [0.25, 0.3) is 0 Å². The number of alkyl halides is 3. The molecule has 2 fully saturated rings. The van der Waals surface area contributed by atoms with Gasteiger partial charge in [-0.2, -0.15) is 13.2 Å². The first-order chi connectivity index (χ1) is 13.1. The second kappa shape index (κ2) is 9.73. The van der Waals surface area contributed by atoms with Crippen LogP contribution in [0.15, 0.2) is 0 Å². The van der Waals surface area contributed by atoms with Gasteiger partial charge < -0.3 is 15.2 Å². The summed E-state index contributed by atoms with van der Waals surface area (Å²) < 4.78 is 72.5. The standard InChI is InChI=1S/C17H29F3N2O5S/c18-17(19,20)5-1-10-26-11-4-14-2-8-22(9-3-14)28(24,25)16(15(21)23)6-12-27-13-7-16/h14H,1-13H2,(H2,21,23). The number of amides is 1. The molecule has 7 nitrogen and oxygen atoms in total. The van der Waals surface area contributed by atoms with Crippen molar-refractivity contribution in [3.63, 3.8) is 0 Å². The Balaban J connectivity index is 1.77. The van der Waals surface area contributed by atoms with Crippen molar-refractivity contribution in [3.05, 3.63) is 0 Å². The molecule has 0 atom stereocenters. The summed E-state index contributed by atoms with van der Waals surface area (Å²) in [5.74, 6) is -0.585. The van der Waals surface area contributed by atoms with Gasteiger partial charge in [0.15, 0.2) is 4.75 Å². The molecule has 2 aliphatic rings. The Labute approximate surface area is 163 Å². The van der Waals surface area contributed by atoms with Gasteiger partial charge in [0.05, 0.1) is 0 Å². The van der Waals surface area contributed by atoms with Crippen LogP contribution in [0.3, 0.4) is 0 Å². The summed E-state index contributed by atoms with van der Waals surface area (Å²) >= 11 is 0. The second-order valence-electron chi connectivity index (χ2n) is 7.44. The molecule has 0 bridgehead atoms. The SMILES string of the molecule is NC(=O)C1(S(=O)(=O)N2CCC(CCOCCCC(F)(F)F)CC2)CCOCC1. The second-order valence-corrected chi connectivity index (χ2v) is 9.69. The Morgan fingerprint density at radius 3 is 2.32 bits per heavy atom. The number of carbonyl (C=O) groups excluding carboxylic acids is 1. The number of hydrogen-bond acceptors (Lipinski definition) is 5. The van der Waals surface area contributed by atoms with E-state index in [0.29, 0.717) is 39.0 Å². The van der Waals surface area contributed by atoms with Gasteiger partial charge in [-0.05, 0) is 31.6 Å². The van der Waals surface area contributed by atoms with Crippen LogP contribution in [0.2, 0.25) is 0 Å². The van der Waals surface area contributed by atoms with Crippen molar-refractivity contribution in [3.8, 4) is 0 Å². The van der Waals surface area contributed by atoms with Crippen molar-refractivity contribution >= 4 is 15.9 Å². The fourth-order valence-electron chi connectivity index (χ4n) is 3.74. The van der Waals surface area contributed by atoms with Crippen molar-refractivity contribution in [2.45, 2.75) is 55.9 Å². The van der Waals surface area contributed by atoms with Crippen LogP contribution in [0, 0.1) is 5.92 Å². The highest BCUT2D eigenvalue weighted by atomic mass is 32.2. The molecule has 0 aromatic heterocycles. The molecule has 164 valence electrons. The quantitative estimate of drug-likeness (QED) is 0.563. The molecule has 2 heterocycles. The van der Waals surface area contributed by atoms with E-state index in [-0.39, 0.29) is 45.0 Å². The average molecular weight is 430 g/mol. The highest BCUT2D eigenvalue weighted by Crippen LogP contribution is 2.34. The van der Waals surface area contributed by atoms with E-state index >= 15 is 0 Å². The zero-order valence-electron chi connectivity index (χ0n) is 15.9. The van der Waals surface area contributed by atoms with E-state index in [1.54, 1.807) is 0 Å². The number of hydrogen-bond donors (Lipinski definition) is 1. The average Bonchev–Trinajstić information content (AvgIpc) is 2.64. The molecule has 0 unspecified atom stereocenters. The molecular formula is C17H29F3N2O5S. The monoisotopic (exact) mass is 430 g/mol. The summed E-state index contributed by atoms with van der Waals surface area (Å²) in [7, 11) is -3.87. The van der Waals surface area contributed by atoms with Gasteiger partial charge in [-0.25, -0.2) is 12.7 Å². The molecule has 11 heteroatoms. The highest BCUT2D eigenvalue weighted by molar-refractivity contribution is 7.91. The number of nitrogens with zero attached hydrogens (tertiary/aromatic N) is 1. The van der Waals surface area contributed by atoms with Gasteiger partial charge >= 0.3 is 6.18 Å². The van der Waals surface area contributed by atoms with Crippen molar-refractivity contribution < 1.29 is 35.9 Å². The number of carbonyl (C=O) groups is 1. The van der Waals surface area contributed by atoms with Gasteiger partial charge in [0.1, 0.15) is 0 Å². The Morgan fingerprint density at radius 2 is 1.79 bits per heavy atom. The fourth-order valence-corrected chi connectivity index (χ4v) is 5.87. The number of ether oxygens (including phenoxy) is 2. The van der Waals surface area contributed by atoms with E-state index in [1.807, 2.05) is 0 Å². The zero-order valence-corrected chi connectivity index (χ0v) is 16.7. The number of halogens is 3. The van der Waals surface area contributed by atoms with Crippen molar-refractivity contribution in [1.29, 1.82) is 0 Å². The lowest BCUT2D eigenvalue weighted by molar-refractivity contribution is -0.138. The predicted octanol–water partition coefficient (Wildman–Crippen LogP) is 1.81. The number of nitrogens with two attached hydrogens (primary N) is 1. The van der Waals surface area contributed by atoms with E-state index < -0.39 is 33.3 Å². The molecule has 0 radical (unpaired) electrons. The summed E-state index contributed by atoms with van der Waals surface area (Å²) in [5, 5.41) is 0. The third-order valence-corrected chi connectivity index (χ3v) is 8.22. The molecule has 2 aliphatic heterocycles. The molecule has 1 amide bonds. The first-order valence-corrected chi connectivity index (χ1v) is 11.0. The molecule has 0 saturated carbocycles. The zero-order chi connectivity index (χ0) is 20.8. The van der Waals surface area contributed by atoms with Gasteiger partial charge in [-0.15, -0.1) is 0 Å².